The monoisotopic (exact) mass is 440 g/mol. The zero-order valence-electron chi connectivity index (χ0n) is 19.5. The third-order valence-corrected chi connectivity index (χ3v) is 5.66. The lowest BCUT2D eigenvalue weighted by molar-refractivity contribution is 0.771. The van der Waals surface area contributed by atoms with E-state index in [2.05, 4.69) is 31.3 Å². The minimum absolute atomic E-state index is 0.0251. The number of imidazole rings is 1. The van der Waals surface area contributed by atoms with Gasteiger partial charge in [-0.15, -0.1) is 0 Å². The molecule has 0 aliphatic rings. The first-order valence-electron chi connectivity index (χ1n) is 11.2. The van der Waals surface area contributed by atoms with Crippen molar-refractivity contribution >= 4 is 27.8 Å². The second-order valence-corrected chi connectivity index (χ2v) is 7.72. The number of pyridine rings is 1. The first-order valence-corrected chi connectivity index (χ1v) is 11.2. The number of hydrogen-bond acceptors (Lipinski definition) is 5. The van der Waals surface area contributed by atoms with Gasteiger partial charge in [0, 0.05) is 5.69 Å². The molecule has 1 atom stereocenters. The smallest absolute Gasteiger partial charge is 0.263 e. The van der Waals surface area contributed by atoms with Crippen molar-refractivity contribution in [2.45, 2.75) is 40.7 Å². The lowest BCUT2D eigenvalue weighted by Crippen LogP contribution is -2.26. The minimum Gasteiger partial charge on any atom is -0.360 e. The van der Waals surface area contributed by atoms with E-state index < -0.39 is 0 Å². The molecule has 0 amide bonds. The first-order chi connectivity index (χ1) is 16.0. The van der Waals surface area contributed by atoms with Crippen molar-refractivity contribution in [1.82, 2.24) is 24.5 Å². The number of aromatic nitrogens is 5. The number of anilines is 1. The highest BCUT2D eigenvalue weighted by molar-refractivity contribution is 5.86. The average Bonchev–Trinajstić information content (AvgIpc) is 3.31. The molecule has 0 saturated carbocycles. The molecule has 0 radical (unpaired) electrons. The van der Waals surface area contributed by atoms with E-state index in [0.29, 0.717) is 11.5 Å². The largest absolute Gasteiger partial charge is 0.360 e. The second-order valence-electron chi connectivity index (χ2n) is 7.72. The minimum atomic E-state index is -0.210. The Morgan fingerprint density at radius 2 is 1.73 bits per heavy atom. The molecule has 3 heterocycles. The van der Waals surface area contributed by atoms with Crippen LogP contribution in [-0.2, 0) is 0 Å². The van der Waals surface area contributed by atoms with E-state index in [4.69, 9.17) is 0 Å². The van der Waals surface area contributed by atoms with Crippen molar-refractivity contribution in [2.24, 2.45) is 0 Å². The number of para-hydroxylation sites is 1. The molecule has 3 aromatic heterocycles. The van der Waals surface area contributed by atoms with Gasteiger partial charge in [0.15, 0.2) is 11.5 Å². The molecule has 2 aromatic carbocycles. The third kappa shape index (κ3) is 3.98. The number of benzene rings is 2. The van der Waals surface area contributed by atoms with Crippen LogP contribution in [0.1, 0.15) is 43.6 Å². The van der Waals surface area contributed by atoms with Crippen molar-refractivity contribution in [3.8, 4) is 5.69 Å². The van der Waals surface area contributed by atoms with E-state index in [1.165, 1.54) is 6.33 Å². The van der Waals surface area contributed by atoms with Crippen LogP contribution in [0.5, 0.6) is 0 Å². The fourth-order valence-corrected chi connectivity index (χ4v) is 4.09. The zero-order chi connectivity index (χ0) is 23.5. The Morgan fingerprint density at radius 1 is 0.970 bits per heavy atom. The van der Waals surface area contributed by atoms with Crippen LogP contribution in [0.2, 0.25) is 0 Å². The van der Waals surface area contributed by atoms with Gasteiger partial charge in [-0.3, -0.25) is 9.36 Å². The number of H-pyrrole nitrogens is 1. The molecule has 0 fully saturated rings. The van der Waals surface area contributed by atoms with Crippen LogP contribution in [0, 0.1) is 13.8 Å². The van der Waals surface area contributed by atoms with Gasteiger partial charge in [0.25, 0.3) is 5.56 Å². The van der Waals surface area contributed by atoms with Gasteiger partial charge in [0.05, 0.1) is 23.4 Å². The van der Waals surface area contributed by atoms with Gasteiger partial charge < -0.3 is 10.3 Å². The quantitative estimate of drug-likeness (QED) is 0.387. The second kappa shape index (κ2) is 9.24. The van der Waals surface area contributed by atoms with Gasteiger partial charge in [-0.25, -0.2) is 15.0 Å². The van der Waals surface area contributed by atoms with Gasteiger partial charge >= 0.3 is 0 Å². The van der Waals surface area contributed by atoms with Gasteiger partial charge in [0.1, 0.15) is 11.8 Å². The maximum absolute atomic E-state index is 13.7. The van der Waals surface area contributed by atoms with E-state index in [0.717, 1.165) is 38.8 Å². The highest BCUT2D eigenvalue weighted by Crippen LogP contribution is 2.27. The van der Waals surface area contributed by atoms with Crippen molar-refractivity contribution < 1.29 is 0 Å². The molecule has 5 rings (SSSR count). The summed E-state index contributed by atoms with van der Waals surface area (Å²) in [6, 6.07) is 15.8. The summed E-state index contributed by atoms with van der Waals surface area (Å²) in [6.45, 7) is 10.0. The summed E-state index contributed by atoms with van der Waals surface area (Å²) in [6.07, 6.45) is 3.08. The molecule has 0 aliphatic carbocycles. The maximum Gasteiger partial charge on any atom is 0.263 e. The molecule has 0 spiro atoms. The summed E-state index contributed by atoms with van der Waals surface area (Å²) in [5, 5.41) is 5.10. The zero-order valence-corrected chi connectivity index (χ0v) is 19.5. The number of fused-ring (bicyclic) bond motifs is 2. The van der Waals surface area contributed by atoms with Crippen LogP contribution in [0.3, 0.4) is 0 Å². The van der Waals surface area contributed by atoms with E-state index in [1.54, 1.807) is 6.33 Å². The van der Waals surface area contributed by atoms with E-state index >= 15 is 0 Å². The van der Waals surface area contributed by atoms with Gasteiger partial charge in [-0.2, -0.15) is 0 Å². The molecule has 0 saturated heterocycles. The normalized spacial score (nSPS) is 11.8. The first kappa shape index (κ1) is 22.2. The maximum atomic E-state index is 13.7. The lowest BCUT2D eigenvalue weighted by Gasteiger charge is -2.22. The lowest BCUT2D eigenvalue weighted by atomic mass is 10.0. The molecule has 168 valence electrons. The standard InChI is InChI=1S/C24H22N6O.C2H6/c1-14-7-4-5-10-18(14)30-19(11-17-9-6-8-15(2)20(17)24(30)31)16(3)29-23-21-22(26-12-25-21)27-13-28-23;1-2/h4-13,16H,1-3H3,(H2,25,26,27,28,29);1-2H3. The Labute approximate surface area is 192 Å². The predicted molar refractivity (Wildman–Crippen MR) is 134 cm³/mol. The fourth-order valence-electron chi connectivity index (χ4n) is 4.09. The number of nitrogens with one attached hydrogen (secondary N) is 2. The van der Waals surface area contributed by atoms with Gasteiger partial charge in [-0.1, -0.05) is 50.2 Å². The summed E-state index contributed by atoms with van der Waals surface area (Å²) < 4.78 is 1.81. The van der Waals surface area contributed by atoms with E-state index in [1.807, 2.05) is 81.7 Å². The van der Waals surface area contributed by atoms with Crippen LogP contribution in [0.15, 0.2) is 66.0 Å². The molecule has 0 aliphatic heterocycles. The molecule has 5 aromatic rings. The van der Waals surface area contributed by atoms with Crippen LogP contribution in [0.25, 0.3) is 27.6 Å². The summed E-state index contributed by atoms with van der Waals surface area (Å²) >= 11 is 0. The van der Waals surface area contributed by atoms with E-state index in [9.17, 15) is 4.79 Å². The van der Waals surface area contributed by atoms with E-state index in [-0.39, 0.29) is 11.6 Å². The number of rotatable bonds is 4. The number of hydrogen-bond donors (Lipinski definition) is 2. The van der Waals surface area contributed by atoms with Crippen LogP contribution in [-0.4, -0.2) is 24.5 Å². The molecule has 0 bridgehead atoms. The SMILES string of the molecule is CC.Cc1ccccc1-n1c(C(C)Nc2ncnc3nc[nH]c23)cc2cccc(C)c2c1=O. The summed E-state index contributed by atoms with van der Waals surface area (Å²) in [7, 11) is 0. The Balaban J connectivity index is 0.00000126. The highest BCUT2D eigenvalue weighted by Gasteiger charge is 2.19. The summed E-state index contributed by atoms with van der Waals surface area (Å²) in [5.74, 6) is 0.642. The molecular formula is C26H28N6O. The molecule has 7 nitrogen and oxygen atoms in total. The molecule has 1 unspecified atom stereocenters. The summed E-state index contributed by atoms with van der Waals surface area (Å²) in [5.41, 5.74) is 5.02. The van der Waals surface area contributed by atoms with Crippen molar-refractivity contribution in [3.63, 3.8) is 0 Å². The van der Waals surface area contributed by atoms with Crippen molar-refractivity contribution in [2.75, 3.05) is 5.32 Å². The van der Waals surface area contributed by atoms with Crippen molar-refractivity contribution in [3.05, 3.63) is 88.4 Å². The molecular weight excluding hydrogens is 412 g/mol. The topological polar surface area (TPSA) is 88.5 Å². The molecule has 2 N–H and O–H groups in total. The van der Waals surface area contributed by atoms with Gasteiger partial charge in [0.2, 0.25) is 0 Å². The third-order valence-electron chi connectivity index (χ3n) is 5.66. The molecule has 7 heteroatoms. The van der Waals surface area contributed by atoms with Crippen LogP contribution < -0.4 is 10.9 Å². The van der Waals surface area contributed by atoms with Crippen molar-refractivity contribution in [1.29, 1.82) is 0 Å². The van der Waals surface area contributed by atoms with Gasteiger partial charge in [-0.05, 0) is 49.4 Å². The van der Waals surface area contributed by atoms with Crippen LogP contribution >= 0.6 is 0 Å². The average molecular weight is 441 g/mol. The molecule has 33 heavy (non-hydrogen) atoms. The predicted octanol–water partition coefficient (Wildman–Crippen LogP) is 5.47. The highest BCUT2D eigenvalue weighted by atomic mass is 16.1. The number of aryl methyl sites for hydroxylation is 2. The summed E-state index contributed by atoms with van der Waals surface area (Å²) in [4.78, 5) is 29.6. The Kier molecular flexibility index (Phi) is 6.22. The number of aromatic amines is 1. The Morgan fingerprint density at radius 3 is 2.52 bits per heavy atom. The Hall–Kier alpha value is -4.00. The Bertz CT molecular complexity index is 1480. The fraction of sp³-hybridized carbons (Fsp3) is 0.231. The van der Waals surface area contributed by atoms with Crippen LogP contribution in [0.4, 0.5) is 5.82 Å². The number of nitrogens with zero attached hydrogens (tertiary/aromatic N) is 4.